The standard InChI is InChI=1S/C27H25F2N3O.ClH/c28-22-5-2-21(3-6-22)27(8-10-31-11-9-27)25-7-12-32(26(25)33)17-20-14-18(16-30)13-19-1-4-23(29)15-24(19)20;/h1-6,13-15,25,31H,7-12,17H2;1H. The predicted molar refractivity (Wildman–Crippen MR) is 130 cm³/mol. The molecule has 7 heteroatoms. The highest BCUT2D eigenvalue weighted by Gasteiger charge is 2.49. The molecule has 0 aliphatic carbocycles. The number of piperidine rings is 1. The van der Waals surface area contributed by atoms with Gasteiger partial charge in [-0.2, -0.15) is 5.26 Å². The van der Waals surface area contributed by atoms with Gasteiger partial charge >= 0.3 is 0 Å². The first-order valence-electron chi connectivity index (χ1n) is 11.4. The largest absolute Gasteiger partial charge is 0.338 e. The summed E-state index contributed by atoms with van der Waals surface area (Å²) >= 11 is 0. The Morgan fingerprint density at radius 1 is 1.03 bits per heavy atom. The van der Waals surface area contributed by atoms with E-state index in [1.807, 2.05) is 17.0 Å². The van der Waals surface area contributed by atoms with Crippen molar-refractivity contribution >= 4 is 29.1 Å². The molecule has 2 aliphatic rings. The Labute approximate surface area is 204 Å². The van der Waals surface area contributed by atoms with Crippen LogP contribution in [0.3, 0.4) is 0 Å². The zero-order valence-electron chi connectivity index (χ0n) is 18.7. The van der Waals surface area contributed by atoms with Gasteiger partial charge in [0.2, 0.25) is 5.91 Å². The number of carbonyl (C=O) groups excluding carboxylic acids is 1. The minimum Gasteiger partial charge on any atom is -0.338 e. The van der Waals surface area contributed by atoms with Crippen molar-refractivity contribution < 1.29 is 13.6 Å². The van der Waals surface area contributed by atoms with Crippen LogP contribution in [0.5, 0.6) is 0 Å². The molecule has 1 unspecified atom stereocenters. The van der Waals surface area contributed by atoms with Crippen LogP contribution in [0.4, 0.5) is 8.78 Å². The lowest BCUT2D eigenvalue weighted by Crippen LogP contribution is -2.47. The van der Waals surface area contributed by atoms with E-state index in [0.29, 0.717) is 18.7 Å². The molecule has 2 aliphatic heterocycles. The Kier molecular flexibility index (Phi) is 6.88. The lowest BCUT2D eigenvalue weighted by molar-refractivity contribution is -0.133. The Hall–Kier alpha value is -3.01. The van der Waals surface area contributed by atoms with Crippen LogP contribution in [0.25, 0.3) is 10.8 Å². The minimum absolute atomic E-state index is 0. The van der Waals surface area contributed by atoms with Gasteiger partial charge in [0.25, 0.3) is 0 Å². The molecule has 176 valence electrons. The maximum absolute atomic E-state index is 14.0. The number of nitriles is 1. The van der Waals surface area contributed by atoms with Crippen LogP contribution in [-0.4, -0.2) is 30.4 Å². The summed E-state index contributed by atoms with van der Waals surface area (Å²) in [6.45, 7) is 2.57. The van der Waals surface area contributed by atoms with Gasteiger partial charge in [-0.25, -0.2) is 8.78 Å². The molecule has 1 N–H and O–H groups in total. The molecule has 0 aromatic heterocycles. The fourth-order valence-corrected chi connectivity index (χ4v) is 5.71. The van der Waals surface area contributed by atoms with Crippen molar-refractivity contribution in [3.05, 3.63) is 82.9 Å². The van der Waals surface area contributed by atoms with E-state index in [1.54, 1.807) is 18.2 Å². The molecular formula is C27H26ClF2N3O. The Morgan fingerprint density at radius 2 is 1.74 bits per heavy atom. The quantitative estimate of drug-likeness (QED) is 0.565. The maximum Gasteiger partial charge on any atom is 0.226 e. The van der Waals surface area contributed by atoms with Gasteiger partial charge in [0.15, 0.2) is 0 Å². The van der Waals surface area contributed by atoms with Crippen LogP contribution in [0.2, 0.25) is 0 Å². The van der Waals surface area contributed by atoms with E-state index in [2.05, 4.69) is 11.4 Å². The summed E-state index contributed by atoms with van der Waals surface area (Å²) < 4.78 is 27.6. The maximum atomic E-state index is 14.0. The minimum atomic E-state index is -0.343. The van der Waals surface area contributed by atoms with Gasteiger partial charge in [-0.15, -0.1) is 12.4 Å². The zero-order chi connectivity index (χ0) is 23.0. The van der Waals surface area contributed by atoms with Crippen LogP contribution in [0.1, 0.15) is 36.0 Å². The highest BCUT2D eigenvalue weighted by atomic mass is 35.5. The molecular weight excluding hydrogens is 456 g/mol. The predicted octanol–water partition coefficient (Wildman–Crippen LogP) is 5.08. The van der Waals surface area contributed by atoms with Crippen LogP contribution >= 0.6 is 12.4 Å². The second-order valence-corrected chi connectivity index (χ2v) is 9.13. The summed E-state index contributed by atoms with van der Waals surface area (Å²) in [5.41, 5.74) is 1.96. The van der Waals surface area contributed by atoms with Crippen LogP contribution in [0.15, 0.2) is 54.6 Å². The van der Waals surface area contributed by atoms with E-state index in [9.17, 15) is 18.8 Å². The number of amides is 1. The Bertz CT molecular complexity index is 1250. The smallest absolute Gasteiger partial charge is 0.226 e. The highest BCUT2D eigenvalue weighted by molar-refractivity contribution is 5.88. The lowest BCUT2D eigenvalue weighted by atomic mass is 9.64. The van der Waals surface area contributed by atoms with Crippen molar-refractivity contribution in [1.29, 1.82) is 5.26 Å². The number of fused-ring (bicyclic) bond motifs is 1. The number of benzene rings is 3. The summed E-state index contributed by atoms with van der Waals surface area (Å²) in [4.78, 5) is 15.5. The number of hydrogen-bond donors (Lipinski definition) is 1. The van der Waals surface area contributed by atoms with Gasteiger partial charge in [0.05, 0.1) is 11.6 Å². The second-order valence-electron chi connectivity index (χ2n) is 9.13. The number of hydrogen-bond acceptors (Lipinski definition) is 3. The zero-order valence-corrected chi connectivity index (χ0v) is 19.5. The van der Waals surface area contributed by atoms with E-state index in [1.165, 1.54) is 24.3 Å². The summed E-state index contributed by atoms with van der Waals surface area (Å²) in [6, 6.07) is 16.8. The van der Waals surface area contributed by atoms with E-state index in [0.717, 1.165) is 54.3 Å². The average molecular weight is 482 g/mol. The molecule has 2 heterocycles. The monoisotopic (exact) mass is 481 g/mol. The first-order chi connectivity index (χ1) is 16.0. The summed E-state index contributed by atoms with van der Waals surface area (Å²) in [5, 5.41) is 14.3. The molecule has 3 aromatic carbocycles. The fraction of sp³-hybridized carbons (Fsp3) is 0.333. The van der Waals surface area contributed by atoms with Crippen LogP contribution < -0.4 is 5.32 Å². The van der Waals surface area contributed by atoms with E-state index in [4.69, 9.17) is 0 Å². The van der Waals surface area contributed by atoms with Gasteiger partial charge in [0.1, 0.15) is 11.6 Å². The van der Waals surface area contributed by atoms with Crippen molar-refractivity contribution in [3.8, 4) is 6.07 Å². The molecule has 34 heavy (non-hydrogen) atoms. The van der Waals surface area contributed by atoms with Crippen molar-refractivity contribution in [1.82, 2.24) is 10.2 Å². The van der Waals surface area contributed by atoms with Gasteiger partial charge < -0.3 is 10.2 Å². The molecule has 5 rings (SSSR count). The van der Waals surface area contributed by atoms with Crippen molar-refractivity contribution in [2.24, 2.45) is 5.92 Å². The Balaban J connectivity index is 0.00000274. The number of rotatable bonds is 4. The molecule has 2 saturated heterocycles. The molecule has 2 fully saturated rings. The summed E-state index contributed by atoms with van der Waals surface area (Å²) in [7, 11) is 0. The number of halogens is 3. The van der Waals surface area contributed by atoms with Crippen LogP contribution in [0, 0.1) is 28.9 Å². The molecule has 0 bridgehead atoms. The highest BCUT2D eigenvalue weighted by Crippen LogP contribution is 2.45. The Morgan fingerprint density at radius 3 is 2.44 bits per heavy atom. The van der Waals surface area contributed by atoms with Gasteiger partial charge in [0, 0.05) is 24.4 Å². The third kappa shape index (κ3) is 4.26. The van der Waals surface area contributed by atoms with Gasteiger partial charge in [-0.3, -0.25) is 4.79 Å². The molecule has 1 amide bonds. The number of likely N-dealkylation sites (tertiary alicyclic amines) is 1. The third-order valence-corrected chi connectivity index (χ3v) is 7.37. The van der Waals surface area contributed by atoms with E-state index < -0.39 is 0 Å². The molecule has 1 atom stereocenters. The number of nitrogens with zero attached hydrogens (tertiary/aromatic N) is 2. The molecule has 4 nitrogen and oxygen atoms in total. The third-order valence-electron chi connectivity index (χ3n) is 7.37. The first kappa shape index (κ1) is 24.1. The van der Waals surface area contributed by atoms with Crippen molar-refractivity contribution in [3.63, 3.8) is 0 Å². The molecule has 0 saturated carbocycles. The van der Waals surface area contributed by atoms with Crippen molar-refractivity contribution in [2.75, 3.05) is 19.6 Å². The van der Waals surface area contributed by atoms with E-state index in [-0.39, 0.29) is 41.3 Å². The first-order valence-corrected chi connectivity index (χ1v) is 11.4. The fourth-order valence-electron chi connectivity index (χ4n) is 5.71. The van der Waals surface area contributed by atoms with E-state index >= 15 is 0 Å². The molecule has 0 radical (unpaired) electrons. The summed E-state index contributed by atoms with van der Waals surface area (Å²) in [6.07, 6.45) is 2.36. The average Bonchev–Trinajstić information content (AvgIpc) is 3.20. The lowest BCUT2D eigenvalue weighted by Gasteiger charge is -2.42. The SMILES string of the molecule is Cl.N#Cc1cc(CN2CCC(C3(c4ccc(F)cc4)CCNCC3)C2=O)c2cc(F)ccc2c1. The molecule has 0 spiro atoms. The van der Waals surface area contributed by atoms with Crippen LogP contribution in [-0.2, 0) is 16.8 Å². The number of carbonyl (C=O) groups is 1. The normalized spacial score (nSPS) is 19.6. The van der Waals surface area contributed by atoms with Gasteiger partial charge in [-0.1, -0.05) is 18.2 Å². The summed E-state index contributed by atoms with van der Waals surface area (Å²) in [5.74, 6) is -0.733. The van der Waals surface area contributed by atoms with Crippen molar-refractivity contribution in [2.45, 2.75) is 31.2 Å². The second kappa shape index (κ2) is 9.69. The number of nitrogens with one attached hydrogen (secondary N) is 1. The topological polar surface area (TPSA) is 56.1 Å². The van der Waals surface area contributed by atoms with Gasteiger partial charge in [-0.05, 0) is 90.6 Å². The molecule has 3 aromatic rings.